The van der Waals surface area contributed by atoms with Gasteiger partial charge < -0.3 is 9.72 Å². The third kappa shape index (κ3) is 2.78. The van der Waals surface area contributed by atoms with Crippen LogP contribution in [-0.4, -0.2) is 9.38 Å². The Hall–Kier alpha value is -1.59. The Morgan fingerprint density at radius 2 is 2.10 bits per heavy atom. The first-order valence-electron chi connectivity index (χ1n) is 5.94. The number of hydrogen-bond donors (Lipinski definition) is 1. The van der Waals surface area contributed by atoms with E-state index < -0.39 is 0 Å². The van der Waals surface area contributed by atoms with Gasteiger partial charge in [-0.1, -0.05) is 11.6 Å². The standard InChI is InChI=1S/C14H10BrClFN3/c15-12-3-2-10(17)5-13(12)18-6-11-8-20-7-9(16)1-4-14(20)19-11/h1-5,7-8,18H,6H2. The minimum atomic E-state index is -0.280. The molecule has 0 aliphatic heterocycles. The molecule has 6 heteroatoms. The zero-order valence-corrected chi connectivity index (χ0v) is 12.6. The van der Waals surface area contributed by atoms with Crippen LogP contribution in [0.15, 0.2) is 47.2 Å². The van der Waals surface area contributed by atoms with Crippen molar-refractivity contribution in [1.29, 1.82) is 0 Å². The van der Waals surface area contributed by atoms with Gasteiger partial charge >= 0.3 is 0 Å². The van der Waals surface area contributed by atoms with Crippen LogP contribution >= 0.6 is 27.5 Å². The Balaban J connectivity index is 1.81. The first kappa shape index (κ1) is 13.4. The summed E-state index contributed by atoms with van der Waals surface area (Å²) in [5.74, 6) is -0.280. The molecule has 0 aliphatic carbocycles. The van der Waals surface area contributed by atoms with Gasteiger partial charge in [0, 0.05) is 16.9 Å². The number of nitrogens with one attached hydrogen (secondary N) is 1. The molecule has 2 heterocycles. The van der Waals surface area contributed by atoms with Gasteiger partial charge in [-0.2, -0.15) is 0 Å². The van der Waals surface area contributed by atoms with Crippen LogP contribution in [0.25, 0.3) is 5.65 Å². The summed E-state index contributed by atoms with van der Waals surface area (Å²) in [4.78, 5) is 4.45. The molecule has 0 atom stereocenters. The molecule has 102 valence electrons. The minimum absolute atomic E-state index is 0.280. The number of benzene rings is 1. The van der Waals surface area contributed by atoms with E-state index in [1.165, 1.54) is 12.1 Å². The predicted octanol–water partition coefficient (Wildman–Crippen LogP) is 4.50. The molecule has 3 nitrogen and oxygen atoms in total. The number of hydrogen-bond acceptors (Lipinski definition) is 2. The predicted molar refractivity (Wildman–Crippen MR) is 81.6 cm³/mol. The highest BCUT2D eigenvalue weighted by atomic mass is 79.9. The molecule has 0 unspecified atom stereocenters. The lowest BCUT2D eigenvalue weighted by Gasteiger charge is -2.06. The fourth-order valence-electron chi connectivity index (χ4n) is 1.92. The van der Waals surface area contributed by atoms with E-state index in [4.69, 9.17) is 11.6 Å². The molecule has 3 aromatic rings. The highest BCUT2D eigenvalue weighted by Crippen LogP contribution is 2.23. The van der Waals surface area contributed by atoms with Crippen LogP contribution in [-0.2, 0) is 6.54 Å². The number of aromatic nitrogens is 2. The molecule has 0 radical (unpaired) electrons. The topological polar surface area (TPSA) is 29.3 Å². The first-order valence-corrected chi connectivity index (χ1v) is 7.11. The smallest absolute Gasteiger partial charge is 0.137 e. The van der Waals surface area contributed by atoms with Crippen molar-refractivity contribution in [1.82, 2.24) is 9.38 Å². The van der Waals surface area contributed by atoms with Crippen molar-refractivity contribution in [3.05, 3.63) is 63.7 Å². The van der Waals surface area contributed by atoms with E-state index in [-0.39, 0.29) is 5.82 Å². The van der Waals surface area contributed by atoms with E-state index in [2.05, 4.69) is 26.2 Å². The van der Waals surface area contributed by atoms with Gasteiger partial charge in [0.05, 0.1) is 22.9 Å². The summed E-state index contributed by atoms with van der Waals surface area (Å²) in [6.07, 6.45) is 3.69. The van der Waals surface area contributed by atoms with Crippen LogP contribution in [0.4, 0.5) is 10.1 Å². The van der Waals surface area contributed by atoms with E-state index in [1.54, 1.807) is 18.3 Å². The van der Waals surface area contributed by atoms with Gasteiger partial charge in [-0.25, -0.2) is 9.37 Å². The number of imidazole rings is 1. The maximum absolute atomic E-state index is 13.2. The van der Waals surface area contributed by atoms with Gasteiger partial charge in [-0.3, -0.25) is 0 Å². The van der Waals surface area contributed by atoms with Crippen molar-refractivity contribution in [3.63, 3.8) is 0 Å². The van der Waals surface area contributed by atoms with Crippen molar-refractivity contribution in [3.8, 4) is 0 Å². The van der Waals surface area contributed by atoms with Crippen molar-refractivity contribution in [2.45, 2.75) is 6.54 Å². The SMILES string of the molecule is Fc1ccc(Br)c(NCc2cn3cc(Cl)ccc3n2)c1. The van der Waals surface area contributed by atoms with E-state index in [1.807, 2.05) is 16.7 Å². The van der Waals surface area contributed by atoms with E-state index in [9.17, 15) is 4.39 Å². The first-order chi connectivity index (χ1) is 9.61. The van der Waals surface area contributed by atoms with Crippen LogP contribution in [0.5, 0.6) is 0 Å². The summed E-state index contributed by atoms with van der Waals surface area (Å²) in [6.45, 7) is 0.501. The molecule has 20 heavy (non-hydrogen) atoms. The van der Waals surface area contributed by atoms with E-state index in [0.717, 1.165) is 15.8 Å². The lowest BCUT2D eigenvalue weighted by atomic mass is 10.3. The molecule has 0 fully saturated rings. The normalized spacial score (nSPS) is 10.9. The molecule has 0 bridgehead atoms. The second-order valence-electron chi connectivity index (χ2n) is 4.32. The minimum Gasteiger partial charge on any atom is -0.378 e. The van der Waals surface area contributed by atoms with Crippen molar-refractivity contribution in [2.75, 3.05) is 5.32 Å². The maximum atomic E-state index is 13.2. The lowest BCUT2D eigenvalue weighted by molar-refractivity contribution is 0.628. The van der Waals surface area contributed by atoms with Crippen molar-refractivity contribution >= 4 is 38.9 Å². The Morgan fingerprint density at radius 3 is 2.95 bits per heavy atom. The van der Waals surface area contributed by atoms with E-state index >= 15 is 0 Å². The molecule has 0 saturated carbocycles. The van der Waals surface area contributed by atoms with Crippen molar-refractivity contribution in [2.24, 2.45) is 0 Å². The second-order valence-corrected chi connectivity index (χ2v) is 5.61. The van der Waals surface area contributed by atoms with Crippen LogP contribution in [0, 0.1) is 5.82 Å². The van der Waals surface area contributed by atoms with Crippen LogP contribution < -0.4 is 5.32 Å². The summed E-state index contributed by atoms with van der Waals surface area (Å²) < 4.78 is 15.9. The number of anilines is 1. The van der Waals surface area contributed by atoms with Crippen LogP contribution in [0.1, 0.15) is 5.69 Å². The lowest BCUT2D eigenvalue weighted by Crippen LogP contribution is -2.00. The molecular formula is C14H10BrClFN3. The van der Waals surface area contributed by atoms with Gasteiger partial charge in [-0.05, 0) is 46.3 Å². The zero-order valence-electron chi connectivity index (χ0n) is 10.3. The molecule has 0 saturated heterocycles. The largest absolute Gasteiger partial charge is 0.378 e. The van der Waals surface area contributed by atoms with Crippen LogP contribution in [0.3, 0.4) is 0 Å². The molecule has 3 rings (SSSR count). The highest BCUT2D eigenvalue weighted by molar-refractivity contribution is 9.10. The monoisotopic (exact) mass is 353 g/mol. The summed E-state index contributed by atoms with van der Waals surface area (Å²) in [5.41, 5.74) is 2.37. The summed E-state index contributed by atoms with van der Waals surface area (Å²) in [5, 5.41) is 3.80. The average Bonchev–Trinajstić information content (AvgIpc) is 2.81. The molecule has 1 N–H and O–H groups in total. The summed E-state index contributed by atoms with van der Waals surface area (Å²) in [7, 11) is 0. The molecular weight excluding hydrogens is 345 g/mol. The molecule has 0 aliphatic rings. The number of fused-ring (bicyclic) bond motifs is 1. The van der Waals surface area contributed by atoms with Gasteiger partial charge in [0.2, 0.25) is 0 Å². The summed E-state index contributed by atoms with van der Waals surface area (Å²) >= 11 is 9.30. The summed E-state index contributed by atoms with van der Waals surface area (Å²) in [6, 6.07) is 8.16. The fraction of sp³-hybridized carbons (Fsp3) is 0.0714. The molecule has 0 spiro atoms. The Bertz CT molecular complexity index is 772. The van der Waals surface area contributed by atoms with Gasteiger partial charge in [0.1, 0.15) is 11.5 Å². The van der Waals surface area contributed by atoms with Crippen molar-refractivity contribution < 1.29 is 4.39 Å². The zero-order chi connectivity index (χ0) is 14.1. The average molecular weight is 355 g/mol. The molecule has 2 aromatic heterocycles. The maximum Gasteiger partial charge on any atom is 0.137 e. The quantitative estimate of drug-likeness (QED) is 0.750. The fourth-order valence-corrected chi connectivity index (χ4v) is 2.48. The molecule has 0 amide bonds. The third-order valence-corrected chi connectivity index (χ3v) is 3.77. The van der Waals surface area contributed by atoms with Gasteiger partial charge in [0.15, 0.2) is 0 Å². The highest BCUT2D eigenvalue weighted by Gasteiger charge is 2.05. The van der Waals surface area contributed by atoms with Crippen LogP contribution in [0.2, 0.25) is 5.02 Å². The number of halogens is 3. The molecule has 1 aromatic carbocycles. The van der Waals surface area contributed by atoms with Gasteiger partial charge in [0.25, 0.3) is 0 Å². The number of pyridine rings is 1. The number of rotatable bonds is 3. The van der Waals surface area contributed by atoms with Gasteiger partial charge in [-0.15, -0.1) is 0 Å². The Morgan fingerprint density at radius 1 is 1.25 bits per heavy atom. The Kier molecular flexibility index (Phi) is 3.63. The number of nitrogens with zero attached hydrogens (tertiary/aromatic N) is 2. The van der Waals surface area contributed by atoms with E-state index in [0.29, 0.717) is 17.3 Å². The Labute approximate surface area is 128 Å². The third-order valence-electron chi connectivity index (χ3n) is 2.85. The second kappa shape index (κ2) is 5.42.